The van der Waals surface area contributed by atoms with Gasteiger partial charge in [0.15, 0.2) is 0 Å². The minimum atomic E-state index is -0.547. The lowest BCUT2D eigenvalue weighted by molar-refractivity contribution is 0.0774. The Kier molecular flexibility index (Phi) is 4.89. The molecule has 2 heterocycles. The summed E-state index contributed by atoms with van der Waals surface area (Å²) in [5.41, 5.74) is 1.21. The molecule has 0 atom stereocenters. The number of halogens is 1. The van der Waals surface area contributed by atoms with Crippen LogP contribution in [0.3, 0.4) is 0 Å². The fourth-order valence-electron chi connectivity index (χ4n) is 3.34. The number of nitrogens with zero attached hydrogens (tertiary/aromatic N) is 2. The number of hydrogen-bond acceptors (Lipinski definition) is 4. The summed E-state index contributed by atoms with van der Waals surface area (Å²) < 4.78 is 14.4. The van der Waals surface area contributed by atoms with Crippen LogP contribution in [0.5, 0.6) is 0 Å². The number of amides is 1. The van der Waals surface area contributed by atoms with Crippen molar-refractivity contribution in [1.29, 1.82) is 0 Å². The van der Waals surface area contributed by atoms with Crippen molar-refractivity contribution < 1.29 is 9.18 Å². The Morgan fingerprint density at radius 2 is 2.00 bits per heavy atom. The Labute approximate surface area is 160 Å². The van der Waals surface area contributed by atoms with Crippen LogP contribution in [0, 0.1) is 5.82 Å². The Hall–Kier alpha value is -3.48. The minimum absolute atomic E-state index is 0.0431. The number of benzene rings is 2. The molecule has 1 aliphatic rings. The minimum Gasteiger partial charge on any atom is -0.389 e. The number of hydrogen-bond donors (Lipinski definition) is 2. The molecule has 1 aromatic heterocycles. The van der Waals surface area contributed by atoms with Crippen LogP contribution < -0.4 is 10.9 Å². The number of carbonyl (C=O) groups is 1. The van der Waals surface area contributed by atoms with Crippen LogP contribution in [0.4, 0.5) is 4.39 Å². The van der Waals surface area contributed by atoms with Crippen LogP contribution in [0.25, 0.3) is 10.8 Å². The van der Waals surface area contributed by atoms with E-state index in [1.165, 1.54) is 6.07 Å². The molecule has 0 radical (unpaired) electrons. The molecule has 6 nitrogen and oxygen atoms in total. The number of fused-ring (bicyclic) bond motifs is 1. The fraction of sp³-hybridized carbons (Fsp3) is 0.190. The van der Waals surface area contributed by atoms with E-state index in [4.69, 9.17) is 0 Å². The molecule has 0 saturated heterocycles. The predicted molar refractivity (Wildman–Crippen MR) is 105 cm³/mol. The molecule has 0 unspecified atom stereocenters. The van der Waals surface area contributed by atoms with E-state index >= 15 is 0 Å². The highest BCUT2D eigenvalue weighted by atomic mass is 19.1. The molecule has 7 heteroatoms. The van der Waals surface area contributed by atoms with Crippen molar-refractivity contribution in [2.24, 2.45) is 0 Å². The first kappa shape index (κ1) is 17.9. The predicted octanol–water partition coefficient (Wildman–Crippen LogP) is 2.21. The van der Waals surface area contributed by atoms with Crippen molar-refractivity contribution in [3.63, 3.8) is 0 Å². The lowest BCUT2D eigenvalue weighted by Gasteiger charge is -2.20. The van der Waals surface area contributed by atoms with Crippen molar-refractivity contribution in [2.75, 3.05) is 19.6 Å². The number of rotatable bonds is 3. The Balaban J connectivity index is 1.66. The first-order chi connectivity index (χ1) is 13.6. The monoisotopic (exact) mass is 378 g/mol. The number of H-pyrrole nitrogens is 1. The second-order valence-corrected chi connectivity index (χ2v) is 6.64. The molecule has 2 N–H and O–H groups in total. The van der Waals surface area contributed by atoms with Gasteiger partial charge in [0.25, 0.3) is 11.5 Å². The zero-order valence-electron chi connectivity index (χ0n) is 15.1. The smallest absolute Gasteiger partial charge is 0.272 e. The molecule has 0 saturated carbocycles. The Morgan fingerprint density at radius 1 is 1.18 bits per heavy atom. The molecule has 1 aliphatic heterocycles. The molecule has 0 bridgehead atoms. The van der Waals surface area contributed by atoms with Gasteiger partial charge in [-0.3, -0.25) is 9.59 Å². The summed E-state index contributed by atoms with van der Waals surface area (Å²) in [6.07, 6.45) is 4.01. The highest BCUT2D eigenvalue weighted by Crippen LogP contribution is 2.19. The van der Waals surface area contributed by atoms with Crippen LogP contribution in [-0.4, -0.2) is 40.6 Å². The van der Waals surface area contributed by atoms with Gasteiger partial charge in [0.05, 0.1) is 16.6 Å². The van der Waals surface area contributed by atoms with Gasteiger partial charge in [-0.1, -0.05) is 24.3 Å². The number of nitrogens with one attached hydrogen (secondary N) is 2. The molecular weight excluding hydrogens is 359 g/mol. The zero-order valence-corrected chi connectivity index (χ0v) is 15.1. The van der Waals surface area contributed by atoms with Crippen molar-refractivity contribution in [1.82, 2.24) is 20.4 Å². The standard InChI is InChI=1S/C21H19FN4O2/c22-18-7-6-14(12-17(18)21(28)26-10-3-8-23-9-11-26)13-19-15-4-1-2-5-16(15)20(27)25-24-19/h1-8,12,23H,9-11,13H2,(H,25,27). The van der Waals surface area contributed by atoms with Gasteiger partial charge in [0.2, 0.25) is 0 Å². The van der Waals surface area contributed by atoms with Crippen LogP contribution in [0.2, 0.25) is 0 Å². The fourth-order valence-corrected chi connectivity index (χ4v) is 3.34. The van der Waals surface area contributed by atoms with Crippen LogP contribution in [0.15, 0.2) is 59.5 Å². The molecule has 28 heavy (non-hydrogen) atoms. The van der Waals surface area contributed by atoms with E-state index in [9.17, 15) is 14.0 Å². The van der Waals surface area contributed by atoms with E-state index in [1.807, 2.05) is 18.2 Å². The molecule has 0 fully saturated rings. The largest absolute Gasteiger partial charge is 0.389 e. The third-order valence-corrected chi connectivity index (χ3v) is 4.78. The van der Waals surface area contributed by atoms with E-state index < -0.39 is 5.82 Å². The van der Waals surface area contributed by atoms with Gasteiger partial charge >= 0.3 is 0 Å². The molecule has 0 spiro atoms. The van der Waals surface area contributed by atoms with Crippen molar-refractivity contribution in [3.05, 3.63) is 87.7 Å². The molecule has 142 valence electrons. The zero-order chi connectivity index (χ0) is 19.5. The van der Waals surface area contributed by atoms with Crippen molar-refractivity contribution in [3.8, 4) is 0 Å². The number of carbonyl (C=O) groups excluding carboxylic acids is 1. The third kappa shape index (κ3) is 3.51. The summed E-state index contributed by atoms with van der Waals surface area (Å²) in [5, 5.41) is 11.0. The molecular formula is C21H19FN4O2. The van der Waals surface area contributed by atoms with E-state index in [0.717, 1.165) is 10.9 Å². The van der Waals surface area contributed by atoms with Gasteiger partial charge in [-0.15, -0.1) is 0 Å². The summed E-state index contributed by atoms with van der Waals surface area (Å²) in [4.78, 5) is 26.3. The highest BCUT2D eigenvalue weighted by Gasteiger charge is 2.20. The SMILES string of the molecule is O=C(c1cc(Cc2n[nH]c(=O)c3ccccc23)ccc1F)N1CC=CNCC1. The van der Waals surface area contributed by atoms with E-state index in [2.05, 4.69) is 15.5 Å². The van der Waals surface area contributed by atoms with Gasteiger partial charge in [-0.2, -0.15) is 5.10 Å². The lowest BCUT2D eigenvalue weighted by Crippen LogP contribution is -2.35. The third-order valence-electron chi connectivity index (χ3n) is 4.78. The van der Waals surface area contributed by atoms with Gasteiger partial charge in [0.1, 0.15) is 5.82 Å². The second kappa shape index (κ2) is 7.64. The summed E-state index contributed by atoms with van der Waals surface area (Å²) in [6.45, 7) is 1.56. The van der Waals surface area contributed by atoms with Crippen LogP contribution in [0.1, 0.15) is 21.6 Å². The quantitative estimate of drug-likeness (QED) is 0.733. The van der Waals surface area contributed by atoms with Gasteiger partial charge < -0.3 is 10.2 Å². The summed E-state index contributed by atoms with van der Waals surface area (Å²) in [7, 11) is 0. The Bertz CT molecular complexity index is 1120. The van der Waals surface area contributed by atoms with Crippen molar-refractivity contribution in [2.45, 2.75) is 6.42 Å². The first-order valence-electron chi connectivity index (χ1n) is 9.06. The average molecular weight is 378 g/mol. The molecule has 4 rings (SSSR count). The lowest BCUT2D eigenvalue weighted by atomic mass is 10.0. The maximum Gasteiger partial charge on any atom is 0.272 e. The van der Waals surface area contributed by atoms with Crippen LogP contribution in [-0.2, 0) is 6.42 Å². The maximum absolute atomic E-state index is 14.4. The Morgan fingerprint density at radius 3 is 2.86 bits per heavy atom. The highest BCUT2D eigenvalue weighted by molar-refractivity contribution is 5.95. The van der Waals surface area contributed by atoms with Gasteiger partial charge in [0, 0.05) is 31.4 Å². The van der Waals surface area contributed by atoms with Crippen molar-refractivity contribution >= 4 is 16.7 Å². The molecule has 2 aromatic carbocycles. The normalized spacial score (nSPS) is 14.0. The maximum atomic E-state index is 14.4. The average Bonchev–Trinajstić information content (AvgIpc) is 3.01. The topological polar surface area (TPSA) is 78.1 Å². The summed E-state index contributed by atoms with van der Waals surface area (Å²) >= 11 is 0. The van der Waals surface area contributed by atoms with Crippen LogP contribution >= 0.6 is 0 Å². The first-order valence-corrected chi connectivity index (χ1v) is 9.06. The van der Waals surface area contributed by atoms with E-state index in [-0.39, 0.29) is 17.0 Å². The molecule has 0 aliphatic carbocycles. The second-order valence-electron chi connectivity index (χ2n) is 6.64. The van der Waals surface area contributed by atoms with E-state index in [1.54, 1.807) is 35.4 Å². The number of aromatic nitrogens is 2. The van der Waals surface area contributed by atoms with Gasteiger partial charge in [-0.05, 0) is 36.0 Å². The molecule has 3 aromatic rings. The summed E-state index contributed by atoms with van der Waals surface area (Å²) in [5.74, 6) is -0.888. The molecule has 1 amide bonds. The van der Waals surface area contributed by atoms with Gasteiger partial charge in [-0.25, -0.2) is 9.49 Å². The summed E-state index contributed by atoms with van der Waals surface area (Å²) in [6, 6.07) is 11.7. The number of aromatic amines is 1. The van der Waals surface area contributed by atoms with E-state index in [0.29, 0.717) is 37.1 Å².